The largest absolute Gasteiger partial charge is 0.303 e. The first-order valence-corrected chi connectivity index (χ1v) is 6.09. The van der Waals surface area contributed by atoms with E-state index >= 15 is 0 Å². The summed E-state index contributed by atoms with van der Waals surface area (Å²) in [7, 11) is 0. The van der Waals surface area contributed by atoms with Crippen molar-refractivity contribution in [1.82, 2.24) is 4.90 Å². The lowest BCUT2D eigenvalue weighted by molar-refractivity contribution is 0.176. The van der Waals surface area contributed by atoms with Gasteiger partial charge in [0.2, 0.25) is 0 Å². The molecule has 0 N–H and O–H groups in total. The molecule has 0 spiro atoms. The number of hydrogen-bond acceptors (Lipinski definition) is 1. The molecule has 1 aliphatic heterocycles. The Morgan fingerprint density at radius 2 is 1.77 bits per heavy atom. The third kappa shape index (κ3) is 4.12. The monoisotopic (exact) mass is 183 g/mol. The van der Waals surface area contributed by atoms with Crippen LogP contribution >= 0.6 is 0 Å². The minimum Gasteiger partial charge on any atom is -0.303 e. The molecule has 13 heavy (non-hydrogen) atoms. The highest BCUT2D eigenvalue weighted by molar-refractivity contribution is 4.71. The van der Waals surface area contributed by atoms with E-state index < -0.39 is 0 Å². The standard InChI is InChI=1S/C12H25N/c1-3-5-9-13-10-7-12(6-4-2)8-11-13/h12H,3-11H2,1-2H3. The normalized spacial score (nSPS) is 20.8. The summed E-state index contributed by atoms with van der Waals surface area (Å²) < 4.78 is 0. The van der Waals surface area contributed by atoms with E-state index in [1.54, 1.807) is 0 Å². The summed E-state index contributed by atoms with van der Waals surface area (Å²) in [6.45, 7) is 8.66. The van der Waals surface area contributed by atoms with Crippen LogP contribution in [-0.4, -0.2) is 24.5 Å². The molecule has 0 aromatic rings. The molecule has 1 nitrogen and oxygen atoms in total. The van der Waals surface area contributed by atoms with Crippen molar-refractivity contribution < 1.29 is 0 Å². The van der Waals surface area contributed by atoms with Crippen molar-refractivity contribution in [3.8, 4) is 0 Å². The SMILES string of the molecule is CCCCN1CCC(CCC)CC1. The van der Waals surface area contributed by atoms with Gasteiger partial charge in [0, 0.05) is 0 Å². The molecular weight excluding hydrogens is 158 g/mol. The van der Waals surface area contributed by atoms with Crippen molar-refractivity contribution in [3.05, 3.63) is 0 Å². The molecule has 1 heterocycles. The molecule has 78 valence electrons. The van der Waals surface area contributed by atoms with Crippen LogP contribution in [0.15, 0.2) is 0 Å². The number of likely N-dealkylation sites (tertiary alicyclic amines) is 1. The number of hydrogen-bond donors (Lipinski definition) is 0. The smallest absolute Gasteiger partial charge is 0.00161 e. The van der Waals surface area contributed by atoms with E-state index in [4.69, 9.17) is 0 Å². The molecule has 1 fully saturated rings. The molecule has 1 aliphatic rings. The van der Waals surface area contributed by atoms with Gasteiger partial charge in [0.1, 0.15) is 0 Å². The van der Waals surface area contributed by atoms with Crippen molar-refractivity contribution in [2.24, 2.45) is 5.92 Å². The maximum atomic E-state index is 2.65. The van der Waals surface area contributed by atoms with Crippen molar-refractivity contribution >= 4 is 0 Å². The molecule has 0 unspecified atom stereocenters. The Hall–Kier alpha value is -0.0400. The average Bonchev–Trinajstić information content (AvgIpc) is 2.17. The highest BCUT2D eigenvalue weighted by Crippen LogP contribution is 2.21. The maximum absolute atomic E-state index is 2.65. The van der Waals surface area contributed by atoms with E-state index in [1.807, 2.05) is 0 Å². The van der Waals surface area contributed by atoms with Crippen LogP contribution in [0.1, 0.15) is 52.4 Å². The lowest BCUT2D eigenvalue weighted by Gasteiger charge is -2.31. The summed E-state index contributed by atoms with van der Waals surface area (Å²) in [5, 5.41) is 0. The van der Waals surface area contributed by atoms with Crippen LogP contribution in [0.25, 0.3) is 0 Å². The van der Waals surface area contributed by atoms with Crippen molar-refractivity contribution in [3.63, 3.8) is 0 Å². The van der Waals surface area contributed by atoms with Gasteiger partial charge in [-0.25, -0.2) is 0 Å². The van der Waals surface area contributed by atoms with Gasteiger partial charge in [0.15, 0.2) is 0 Å². The molecule has 0 aromatic carbocycles. The van der Waals surface area contributed by atoms with Gasteiger partial charge in [0.05, 0.1) is 0 Å². The zero-order chi connectivity index (χ0) is 9.52. The summed E-state index contributed by atoms with van der Waals surface area (Å²) >= 11 is 0. The van der Waals surface area contributed by atoms with Crippen LogP contribution in [0, 0.1) is 5.92 Å². The molecule has 0 aliphatic carbocycles. The van der Waals surface area contributed by atoms with Gasteiger partial charge in [0.25, 0.3) is 0 Å². The lowest BCUT2D eigenvalue weighted by Crippen LogP contribution is -2.34. The second-order valence-corrected chi connectivity index (χ2v) is 4.43. The van der Waals surface area contributed by atoms with Gasteiger partial charge in [-0.3, -0.25) is 0 Å². The van der Waals surface area contributed by atoms with E-state index in [2.05, 4.69) is 18.7 Å². The average molecular weight is 183 g/mol. The Balaban J connectivity index is 2.08. The van der Waals surface area contributed by atoms with E-state index in [-0.39, 0.29) is 0 Å². The molecule has 0 atom stereocenters. The van der Waals surface area contributed by atoms with Crippen molar-refractivity contribution in [1.29, 1.82) is 0 Å². The fraction of sp³-hybridized carbons (Fsp3) is 1.00. The van der Waals surface area contributed by atoms with E-state index in [9.17, 15) is 0 Å². The Bertz CT molecular complexity index is 114. The third-order valence-corrected chi connectivity index (χ3v) is 3.23. The number of rotatable bonds is 5. The molecular formula is C12H25N. The first-order chi connectivity index (χ1) is 6.36. The Labute approximate surface area is 83.5 Å². The van der Waals surface area contributed by atoms with Gasteiger partial charge in [-0.15, -0.1) is 0 Å². The molecule has 1 heteroatoms. The van der Waals surface area contributed by atoms with Crippen molar-refractivity contribution in [2.75, 3.05) is 19.6 Å². The fourth-order valence-electron chi connectivity index (χ4n) is 2.29. The van der Waals surface area contributed by atoms with E-state index in [0.717, 1.165) is 5.92 Å². The van der Waals surface area contributed by atoms with Gasteiger partial charge < -0.3 is 4.90 Å². The molecule has 0 bridgehead atoms. The lowest BCUT2D eigenvalue weighted by atomic mass is 9.92. The quantitative estimate of drug-likeness (QED) is 0.632. The second-order valence-electron chi connectivity index (χ2n) is 4.43. The van der Waals surface area contributed by atoms with E-state index in [1.165, 1.54) is 58.2 Å². The molecule has 0 radical (unpaired) electrons. The number of unbranched alkanes of at least 4 members (excludes halogenated alkanes) is 1. The van der Waals surface area contributed by atoms with Crippen LogP contribution < -0.4 is 0 Å². The number of nitrogens with zero attached hydrogens (tertiary/aromatic N) is 1. The topological polar surface area (TPSA) is 3.24 Å². The fourth-order valence-corrected chi connectivity index (χ4v) is 2.29. The van der Waals surface area contributed by atoms with Gasteiger partial charge in [-0.1, -0.05) is 33.1 Å². The summed E-state index contributed by atoms with van der Waals surface area (Å²) in [5.41, 5.74) is 0. The van der Waals surface area contributed by atoms with Crippen LogP contribution in [0.3, 0.4) is 0 Å². The first-order valence-electron chi connectivity index (χ1n) is 6.09. The predicted octanol–water partition coefficient (Wildman–Crippen LogP) is 3.30. The van der Waals surface area contributed by atoms with Gasteiger partial charge >= 0.3 is 0 Å². The first kappa shape index (κ1) is 11.0. The summed E-state index contributed by atoms with van der Waals surface area (Å²) in [5.74, 6) is 1.04. The summed E-state index contributed by atoms with van der Waals surface area (Å²) in [6.07, 6.45) is 8.48. The minimum absolute atomic E-state index is 1.04. The van der Waals surface area contributed by atoms with Crippen LogP contribution in [0.4, 0.5) is 0 Å². The molecule has 1 rings (SSSR count). The highest BCUT2D eigenvalue weighted by Gasteiger charge is 2.17. The summed E-state index contributed by atoms with van der Waals surface area (Å²) in [4.78, 5) is 2.65. The van der Waals surface area contributed by atoms with Crippen LogP contribution in [-0.2, 0) is 0 Å². The zero-order valence-corrected chi connectivity index (χ0v) is 9.39. The Morgan fingerprint density at radius 1 is 1.08 bits per heavy atom. The predicted molar refractivity (Wildman–Crippen MR) is 59.0 cm³/mol. The molecule has 0 saturated carbocycles. The van der Waals surface area contributed by atoms with Crippen LogP contribution in [0.2, 0.25) is 0 Å². The molecule has 0 amide bonds. The maximum Gasteiger partial charge on any atom is -0.00161 e. The summed E-state index contributed by atoms with van der Waals surface area (Å²) in [6, 6.07) is 0. The zero-order valence-electron chi connectivity index (χ0n) is 9.39. The highest BCUT2D eigenvalue weighted by atomic mass is 15.1. The van der Waals surface area contributed by atoms with Crippen molar-refractivity contribution in [2.45, 2.75) is 52.4 Å². The second kappa shape index (κ2) is 6.42. The number of piperidine rings is 1. The van der Waals surface area contributed by atoms with Gasteiger partial charge in [-0.05, 0) is 44.8 Å². The molecule has 1 saturated heterocycles. The Morgan fingerprint density at radius 3 is 2.31 bits per heavy atom. The minimum atomic E-state index is 1.04. The van der Waals surface area contributed by atoms with Gasteiger partial charge in [-0.2, -0.15) is 0 Å². The van der Waals surface area contributed by atoms with E-state index in [0.29, 0.717) is 0 Å². The third-order valence-electron chi connectivity index (χ3n) is 3.23. The Kier molecular flexibility index (Phi) is 5.45. The van der Waals surface area contributed by atoms with Crippen LogP contribution in [0.5, 0.6) is 0 Å². The molecule has 0 aromatic heterocycles.